The van der Waals surface area contributed by atoms with Gasteiger partial charge in [0.1, 0.15) is 0 Å². The van der Waals surface area contributed by atoms with Crippen molar-refractivity contribution in [3.63, 3.8) is 0 Å². The maximum atomic E-state index is 13.3. The van der Waals surface area contributed by atoms with E-state index in [1.54, 1.807) is 42.5 Å². The van der Waals surface area contributed by atoms with Crippen LogP contribution in [-0.4, -0.2) is 23.9 Å². The van der Waals surface area contributed by atoms with Crippen LogP contribution in [0.5, 0.6) is 0 Å². The molecule has 7 heteroatoms. The lowest BCUT2D eigenvalue weighted by Crippen LogP contribution is -2.14. The lowest BCUT2D eigenvalue weighted by molar-refractivity contribution is -0.481. The highest BCUT2D eigenvalue weighted by Gasteiger charge is 2.27. The first-order valence-corrected chi connectivity index (χ1v) is 10.5. The summed E-state index contributed by atoms with van der Waals surface area (Å²) in [7, 11) is -3.84. The largest absolute Gasteiger partial charge is 0.268 e. The Morgan fingerprint density at radius 1 is 0.862 bits per heavy atom. The van der Waals surface area contributed by atoms with Crippen molar-refractivity contribution < 1.29 is 13.3 Å². The van der Waals surface area contributed by atoms with Gasteiger partial charge in [0, 0.05) is 16.5 Å². The van der Waals surface area contributed by atoms with E-state index in [1.807, 2.05) is 30.3 Å². The molecule has 0 saturated heterocycles. The van der Waals surface area contributed by atoms with E-state index in [1.165, 1.54) is 22.3 Å². The number of hydrogen-bond acceptors (Lipinski definition) is 4. The third-order valence-electron chi connectivity index (χ3n) is 4.92. The second kappa shape index (κ2) is 7.52. The van der Waals surface area contributed by atoms with Gasteiger partial charge in [-0.25, -0.2) is 12.4 Å². The number of nitrogens with zero attached hydrogens (tertiary/aromatic N) is 2. The third-order valence-corrected chi connectivity index (χ3v) is 6.61. The topological polar surface area (TPSA) is 82.2 Å². The number of hydrogen-bond donors (Lipinski definition) is 0. The monoisotopic (exact) mass is 406 g/mol. The van der Waals surface area contributed by atoms with E-state index in [2.05, 4.69) is 0 Å². The van der Waals surface area contributed by atoms with Gasteiger partial charge in [-0.2, -0.15) is 0 Å². The van der Waals surface area contributed by atoms with Crippen LogP contribution < -0.4 is 0 Å². The molecule has 0 N–H and O–H groups in total. The Balaban J connectivity index is 1.96. The fraction of sp³-hybridized carbons (Fsp3) is 0.0909. The molecule has 3 aromatic carbocycles. The van der Waals surface area contributed by atoms with Crippen molar-refractivity contribution in [2.75, 3.05) is 6.54 Å². The summed E-state index contributed by atoms with van der Waals surface area (Å²) in [5.41, 5.74) is 1.88. The summed E-state index contributed by atoms with van der Waals surface area (Å²) < 4.78 is 27.8. The maximum Gasteiger partial charge on any atom is 0.268 e. The first kappa shape index (κ1) is 18.9. The van der Waals surface area contributed by atoms with Crippen molar-refractivity contribution >= 4 is 20.9 Å². The van der Waals surface area contributed by atoms with Gasteiger partial charge < -0.3 is 0 Å². The molecule has 29 heavy (non-hydrogen) atoms. The molecule has 1 unspecified atom stereocenters. The summed E-state index contributed by atoms with van der Waals surface area (Å²) in [4.78, 5) is 11.2. The Hall–Kier alpha value is -3.45. The van der Waals surface area contributed by atoms with E-state index >= 15 is 0 Å². The molecule has 4 aromatic rings. The van der Waals surface area contributed by atoms with Crippen LogP contribution in [0, 0.1) is 10.1 Å². The van der Waals surface area contributed by atoms with Crippen LogP contribution in [0.1, 0.15) is 17.0 Å². The highest BCUT2D eigenvalue weighted by molar-refractivity contribution is 7.90. The van der Waals surface area contributed by atoms with Crippen LogP contribution in [0.15, 0.2) is 96.0 Å². The number of para-hydroxylation sites is 1. The summed E-state index contributed by atoms with van der Waals surface area (Å²) in [5, 5.41) is 12.1. The minimum absolute atomic E-state index is 0.165. The fourth-order valence-electron chi connectivity index (χ4n) is 3.58. The molecule has 6 nitrogen and oxygen atoms in total. The number of nitro groups is 1. The Morgan fingerprint density at radius 3 is 2.10 bits per heavy atom. The van der Waals surface area contributed by atoms with Gasteiger partial charge >= 0.3 is 0 Å². The zero-order chi connectivity index (χ0) is 20.4. The van der Waals surface area contributed by atoms with Crippen molar-refractivity contribution in [2.24, 2.45) is 0 Å². The summed E-state index contributed by atoms with van der Waals surface area (Å²) in [6.07, 6.45) is 1.52. The zero-order valence-corrected chi connectivity index (χ0v) is 16.2. The van der Waals surface area contributed by atoms with E-state index < -0.39 is 15.9 Å². The average Bonchev–Trinajstić information content (AvgIpc) is 3.13. The Morgan fingerprint density at radius 2 is 1.45 bits per heavy atom. The van der Waals surface area contributed by atoms with Gasteiger partial charge in [-0.15, -0.1) is 0 Å². The molecule has 0 spiro atoms. The number of aromatic nitrogens is 1. The Labute approximate surface area is 168 Å². The van der Waals surface area contributed by atoms with E-state index in [0.717, 1.165) is 5.56 Å². The van der Waals surface area contributed by atoms with Crippen LogP contribution in [0.3, 0.4) is 0 Å². The van der Waals surface area contributed by atoms with Gasteiger partial charge in [0.25, 0.3) is 10.0 Å². The predicted molar refractivity (Wildman–Crippen MR) is 111 cm³/mol. The molecule has 0 fully saturated rings. The van der Waals surface area contributed by atoms with E-state index in [4.69, 9.17) is 0 Å². The molecular formula is C22H18N2O4S. The van der Waals surface area contributed by atoms with Gasteiger partial charge in [0.15, 0.2) is 0 Å². The molecule has 1 aromatic heterocycles. The Bertz CT molecular complexity index is 1270. The normalized spacial score (nSPS) is 12.7. The zero-order valence-electron chi connectivity index (χ0n) is 15.4. The molecule has 1 atom stereocenters. The standard InChI is InChI=1S/C22H18N2O4S/c25-24(26)16-20(17-9-3-1-4-10-17)21-15-23(22-14-8-7-13-19(21)22)29(27,28)18-11-5-2-6-12-18/h1-15,20H,16H2. The molecule has 146 valence electrons. The van der Waals surface area contributed by atoms with Gasteiger partial charge in [0.05, 0.1) is 16.3 Å². The molecular weight excluding hydrogens is 388 g/mol. The summed E-state index contributed by atoms with van der Waals surface area (Å²) >= 11 is 0. The second-order valence-corrected chi connectivity index (χ2v) is 8.51. The molecule has 0 bridgehead atoms. The van der Waals surface area contributed by atoms with Gasteiger partial charge in [-0.3, -0.25) is 10.1 Å². The van der Waals surface area contributed by atoms with Crippen LogP contribution in [-0.2, 0) is 10.0 Å². The van der Waals surface area contributed by atoms with Crippen molar-refractivity contribution in [3.8, 4) is 0 Å². The second-order valence-electron chi connectivity index (χ2n) is 6.69. The van der Waals surface area contributed by atoms with E-state index in [9.17, 15) is 18.5 Å². The maximum absolute atomic E-state index is 13.3. The lowest BCUT2D eigenvalue weighted by atomic mass is 9.91. The van der Waals surface area contributed by atoms with Crippen LogP contribution in [0.2, 0.25) is 0 Å². The quantitative estimate of drug-likeness (QED) is 0.353. The van der Waals surface area contributed by atoms with Gasteiger partial charge in [-0.05, 0) is 29.3 Å². The molecule has 1 heterocycles. The van der Waals surface area contributed by atoms with Crippen LogP contribution in [0.25, 0.3) is 10.9 Å². The highest BCUT2D eigenvalue weighted by atomic mass is 32.2. The molecule has 0 saturated carbocycles. The smallest absolute Gasteiger partial charge is 0.265 e. The minimum Gasteiger partial charge on any atom is -0.265 e. The predicted octanol–water partition coefficient (Wildman–Crippen LogP) is 4.29. The van der Waals surface area contributed by atoms with Gasteiger partial charge in [-0.1, -0.05) is 66.7 Å². The number of rotatable bonds is 6. The van der Waals surface area contributed by atoms with Gasteiger partial charge in [0.2, 0.25) is 6.54 Å². The SMILES string of the molecule is O=[N+]([O-])CC(c1ccccc1)c1cn(S(=O)(=O)c2ccccc2)c2ccccc12. The highest BCUT2D eigenvalue weighted by Crippen LogP contribution is 2.34. The molecule has 0 aliphatic carbocycles. The number of fused-ring (bicyclic) bond motifs is 1. The van der Waals surface area contributed by atoms with Crippen molar-refractivity contribution in [3.05, 3.63) is 112 Å². The first-order valence-electron chi connectivity index (χ1n) is 9.06. The van der Waals surface area contributed by atoms with Crippen molar-refractivity contribution in [1.29, 1.82) is 0 Å². The summed E-state index contributed by atoms with van der Waals surface area (Å²) in [6.45, 7) is -0.330. The van der Waals surface area contributed by atoms with Crippen LogP contribution >= 0.6 is 0 Å². The van der Waals surface area contributed by atoms with Crippen molar-refractivity contribution in [1.82, 2.24) is 3.97 Å². The van der Waals surface area contributed by atoms with Crippen LogP contribution in [0.4, 0.5) is 0 Å². The molecule has 0 radical (unpaired) electrons. The van der Waals surface area contributed by atoms with Crippen molar-refractivity contribution in [2.45, 2.75) is 10.8 Å². The molecule has 4 rings (SSSR count). The minimum atomic E-state index is -3.84. The molecule has 0 aliphatic rings. The molecule has 0 aliphatic heterocycles. The van der Waals surface area contributed by atoms with E-state index in [0.29, 0.717) is 16.5 Å². The summed E-state index contributed by atoms with van der Waals surface area (Å²) in [5.74, 6) is -0.566. The fourth-order valence-corrected chi connectivity index (χ4v) is 4.97. The summed E-state index contributed by atoms with van der Waals surface area (Å²) in [6, 6.07) is 24.4. The lowest BCUT2D eigenvalue weighted by Gasteiger charge is -2.12. The third kappa shape index (κ3) is 3.52. The Kier molecular flexibility index (Phi) is 4.90. The first-order chi connectivity index (χ1) is 14.0. The number of benzene rings is 3. The van der Waals surface area contributed by atoms with E-state index in [-0.39, 0.29) is 16.4 Å². The molecule has 0 amide bonds. The average molecular weight is 406 g/mol.